The predicted molar refractivity (Wildman–Crippen MR) is 47.2 cm³/mol. The minimum Gasteiger partial charge on any atom is -0.343 e. The van der Waals surface area contributed by atoms with Gasteiger partial charge in [0.25, 0.3) is 5.97 Å². The largest absolute Gasteiger partial charge is 0.343 e. The van der Waals surface area contributed by atoms with Crippen molar-refractivity contribution in [2.45, 2.75) is 19.8 Å². The summed E-state index contributed by atoms with van der Waals surface area (Å²) in [6.45, 7) is 3.17. The zero-order chi connectivity index (χ0) is 8.04. The molecule has 0 heterocycles. The van der Waals surface area contributed by atoms with Crippen molar-refractivity contribution in [2.24, 2.45) is 0 Å². The van der Waals surface area contributed by atoms with Gasteiger partial charge < -0.3 is 10.2 Å². The molecular formula is C4H10O3S3. The van der Waals surface area contributed by atoms with Crippen molar-refractivity contribution in [3.05, 3.63) is 0 Å². The molecule has 0 radical (unpaired) electrons. The summed E-state index contributed by atoms with van der Waals surface area (Å²) in [5, 5.41) is 17.2. The van der Waals surface area contributed by atoms with Gasteiger partial charge in [0.15, 0.2) is 0 Å². The van der Waals surface area contributed by atoms with Crippen molar-refractivity contribution in [3.63, 3.8) is 0 Å². The lowest BCUT2D eigenvalue weighted by molar-refractivity contribution is -0.269. The summed E-state index contributed by atoms with van der Waals surface area (Å²) in [5.74, 6) is -1.05. The first kappa shape index (κ1) is 10.9. The number of aliphatic hydroxyl groups is 2. The second-order valence-electron chi connectivity index (χ2n) is 1.56. The van der Waals surface area contributed by atoms with Gasteiger partial charge in [-0.25, -0.2) is 4.18 Å². The first-order valence-electron chi connectivity index (χ1n) is 2.65. The molecule has 0 atom stereocenters. The van der Waals surface area contributed by atoms with Crippen LogP contribution in [0.15, 0.2) is 0 Å². The van der Waals surface area contributed by atoms with Crippen LogP contribution in [0.3, 0.4) is 0 Å². The Labute approximate surface area is 71.9 Å². The molecule has 0 spiro atoms. The fourth-order valence-corrected chi connectivity index (χ4v) is 2.78. The molecule has 0 saturated heterocycles. The van der Waals surface area contributed by atoms with Crippen LogP contribution < -0.4 is 0 Å². The maximum absolute atomic E-state index is 8.61. The van der Waals surface area contributed by atoms with Crippen LogP contribution in [0.1, 0.15) is 13.8 Å². The third kappa shape index (κ3) is 8.93. The lowest BCUT2D eigenvalue weighted by Gasteiger charge is -2.12. The van der Waals surface area contributed by atoms with Gasteiger partial charge in [0, 0.05) is 22.5 Å². The first-order valence-corrected chi connectivity index (χ1v) is 6.22. The SMILES string of the molecule is CCSSSOC(C)(O)O. The smallest absolute Gasteiger partial charge is 0.286 e. The Morgan fingerprint density at radius 3 is 2.50 bits per heavy atom. The van der Waals surface area contributed by atoms with Crippen LogP contribution in [0.4, 0.5) is 0 Å². The van der Waals surface area contributed by atoms with Crippen molar-refractivity contribution in [1.29, 1.82) is 0 Å². The Kier molecular flexibility index (Phi) is 6.08. The summed E-state index contributed by atoms with van der Waals surface area (Å²) in [4.78, 5) is 0. The molecule has 0 unspecified atom stereocenters. The van der Waals surface area contributed by atoms with Gasteiger partial charge >= 0.3 is 0 Å². The summed E-state index contributed by atoms with van der Waals surface area (Å²) < 4.78 is 4.50. The van der Waals surface area contributed by atoms with Gasteiger partial charge in [-0.05, 0) is 0 Å². The molecule has 0 fully saturated rings. The summed E-state index contributed by atoms with van der Waals surface area (Å²) in [6.07, 6.45) is 0. The maximum atomic E-state index is 8.61. The van der Waals surface area contributed by atoms with Crippen molar-refractivity contribution < 1.29 is 14.4 Å². The van der Waals surface area contributed by atoms with Crippen LogP contribution in [-0.2, 0) is 4.18 Å². The first-order chi connectivity index (χ1) is 4.56. The molecule has 3 nitrogen and oxygen atoms in total. The van der Waals surface area contributed by atoms with E-state index in [2.05, 4.69) is 4.18 Å². The molecular weight excluding hydrogens is 192 g/mol. The third-order valence-electron chi connectivity index (χ3n) is 0.386. The molecule has 2 N–H and O–H groups in total. The van der Waals surface area contributed by atoms with Gasteiger partial charge in [0.1, 0.15) is 0 Å². The van der Waals surface area contributed by atoms with E-state index in [-0.39, 0.29) is 0 Å². The van der Waals surface area contributed by atoms with E-state index in [1.165, 1.54) is 9.83 Å². The molecule has 0 bridgehead atoms. The molecule has 0 aromatic rings. The van der Waals surface area contributed by atoms with Crippen molar-refractivity contribution in [3.8, 4) is 0 Å². The Balaban J connectivity index is 3.04. The second-order valence-corrected chi connectivity index (χ2v) is 5.56. The van der Waals surface area contributed by atoms with Gasteiger partial charge in [-0.15, -0.1) is 0 Å². The zero-order valence-corrected chi connectivity index (χ0v) is 8.18. The molecule has 0 rings (SSSR count). The van der Waals surface area contributed by atoms with E-state index in [9.17, 15) is 0 Å². The van der Waals surface area contributed by atoms with Crippen LogP contribution in [0, 0.1) is 0 Å². The van der Waals surface area contributed by atoms with E-state index in [1.54, 1.807) is 10.8 Å². The van der Waals surface area contributed by atoms with Crippen molar-refractivity contribution in [1.82, 2.24) is 0 Å². The Hall–Kier alpha value is 0.930. The Morgan fingerprint density at radius 2 is 2.10 bits per heavy atom. The van der Waals surface area contributed by atoms with Crippen LogP contribution in [0.2, 0.25) is 0 Å². The molecule has 0 saturated carbocycles. The van der Waals surface area contributed by atoms with E-state index in [1.807, 2.05) is 6.92 Å². The third-order valence-corrected chi connectivity index (χ3v) is 3.89. The van der Waals surface area contributed by atoms with Crippen molar-refractivity contribution in [2.75, 3.05) is 5.75 Å². The van der Waals surface area contributed by atoms with E-state index in [0.717, 1.165) is 23.8 Å². The van der Waals surface area contributed by atoms with Crippen LogP contribution >= 0.6 is 31.7 Å². The van der Waals surface area contributed by atoms with Crippen LogP contribution in [0.5, 0.6) is 0 Å². The molecule has 62 valence electrons. The highest BCUT2D eigenvalue weighted by molar-refractivity contribution is 9.08. The average molecular weight is 202 g/mol. The molecule has 0 aliphatic carbocycles. The quantitative estimate of drug-likeness (QED) is 0.306. The zero-order valence-electron chi connectivity index (χ0n) is 5.73. The van der Waals surface area contributed by atoms with E-state index >= 15 is 0 Å². The highest BCUT2D eigenvalue weighted by Crippen LogP contribution is 2.36. The number of rotatable bonds is 5. The van der Waals surface area contributed by atoms with Gasteiger partial charge in [-0.3, -0.25) is 0 Å². The Bertz CT molecular complexity index is 82.3. The topological polar surface area (TPSA) is 49.7 Å². The minimum atomic E-state index is -2.02. The fourth-order valence-electron chi connectivity index (χ4n) is 0.146. The lowest BCUT2D eigenvalue weighted by Crippen LogP contribution is -2.23. The van der Waals surface area contributed by atoms with Gasteiger partial charge in [-0.1, -0.05) is 17.7 Å². The van der Waals surface area contributed by atoms with Gasteiger partial charge in [-0.2, -0.15) is 0 Å². The Morgan fingerprint density at radius 1 is 1.50 bits per heavy atom. The predicted octanol–water partition coefficient (Wildman–Crippen LogP) is 1.63. The monoisotopic (exact) mass is 202 g/mol. The fraction of sp³-hybridized carbons (Fsp3) is 1.00. The summed E-state index contributed by atoms with van der Waals surface area (Å²) in [7, 11) is 2.95. The molecule has 0 aromatic carbocycles. The summed E-state index contributed by atoms with van der Waals surface area (Å²) in [6, 6.07) is 0. The van der Waals surface area contributed by atoms with E-state index in [0.29, 0.717) is 0 Å². The standard InChI is InChI=1S/C4H10O3S3/c1-3-8-10-9-7-4(2,5)6/h5-6H,3H2,1-2H3. The van der Waals surface area contributed by atoms with E-state index in [4.69, 9.17) is 10.2 Å². The molecule has 0 aliphatic heterocycles. The molecule has 6 heteroatoms. The van der Waals surface area contributed by atoms with Crippen molar-refractivity contribution >= 4 is 31.7 Å². The van der Waals surface area contributed by atoms with E-state index < -0.39 is 5.97 Å². The molecule has 0 aromatic heterocycles. The van der Waals surface area contributed by atoms with Crippen LogP contribution in [-0.4, -0.2) is 21.9 Å². The highest BCUT2D eigenvalue weighted by Gasteiger charge is 2.15. The van der Waals surface area contributed by atoms with Gasteiger partial charge in [0.2, 0.25) is 0 Å². The normalized spacial score (nSPS) is 12.0. The molecule has 0 amide bonds. The highest BCUT2D eigenvalue weighted by atomic mass is 33.5. The molecule has 10 heavy (non-hydrogen) atoms. The summed E-state index contributed by atoms with van der Waals surface area (Å²) in [5.41, 5.74) is 0. The van der Waals surface area contributed by atoms with Crippen LogP contribution in [0.25, 0.3) is 0 Å². The van der Waals surface area contributed by atoms with Gasteiger partial charge in [0.05, 0.1) is 11.1 Å². The maximum Gasteiger partial charge on any atom is 0.286 e. The number of hydrogen-bond donors (Lipinski definition) is 2. The molecule has 0 aliphatic rings. The minimum absolute atomic E-state index is 0.964. The average Bonchev–Trinajstić information content (AvgIpc) is 1.78. The summed E-state index contributed by atoms with van der Waals surface area (Å²) >= 11 is 0.964. The lowest BCUT2D eigenvalue weighted by atomic mass is 10.7. The number of hydrogen-bond acceptors (Lipinski definition) is 6. The second kappa shape index (κ2) is 5.56.